The van der Waals surface area contributed by atoms with Crippen molar-refractivity contribution in [3.8, 4) is 0 Å². The van der Waals surface area contributed by atoms with Crippen molar-refractivity contribution < 1.29 is 4.79 Å². The summed E-state index contributed by atoms with van der Waals surface area (Å²) < 4.78 is 0. The van der Waals surface area contributed by atoms with E-state index in [4.69, 9.17) is 0 Å². The van der Waals surface area contributed by atoms with E-state index in [9.17, 15) is 4.79 Å². The lowest BCUT2D eigenvalue weighted by atomic mass is 9.48. The van der Waals surface area contributed by atoms with E-state index in [2.05, 4.69) is 19.2 Å². The van der Waals surface area contributed by atoms with Gasteiger partial charge < -0.3 is 5.32 Å². The molecule has 2 nitrogen and oxygen atoms in total. The summed E-state index contributed by atoms with van der Waals surface area (Å²) in [6.45, 7) is 5.08. The average molecular weight is 261 g/mol. The molecule has 2 heteroatoms. The number of Topliss-reactive ketones (excluding diaryl/α,β-unsaturated/α-hetero) is 1. The molecule has 1 N–H and O–H groups in total. The quantitative estimate of drug-likeness (QED) is 0.827. The Kier molecular flexibility index (Phi) is 2.50. The van der Waals surface area contributed by atoms with Crippen LogP contribution in [0.15, 0.2) is 0 Å². The van der Waals surface area contributed by atoms with Gasteiger partial charge in [0.25, 0.3) is 0 Å². The molecule has 4 aliphatic carbocycles. The number of hydrogen-bond acceptors (Lipinski definition) is 2. The zero-order valence-corrected chi connectivity index (χ0v) is 12.4. The summed E-state index contributed by atoms with van der Waals surface area (Å²) in [5, 5.41) is 3.52. The van der Waals surface area contributed by atoms with Gasteiger partial charge in [-0.25, -0.2) is 0 Å². The number of nitrogens with one attached hydrogen (secondary N) is 1. The lowest BCUT2D eigenvalue weighted by Crippen LogP contribution is -2.49. The first-order valence-corrected chi connectivity index (χ1v) is 8.24. The molecule has 1 heterocycles. The summed E-state index contributed by atoms with van der Waals surface area (Å²) in [5.41, 5.74) is 0.398. The van der Waals surface area contributed by atoms with Gasteiger partial charge in [0.15, 0.2) is 5.78 Å². The maximum atomic E-state index is 12.5. The first kappa shape index (κ1) is 12.4. The SMILES string of the molecule is CC1(C)CNC(CC23CC4CC(CC(C4)C2)C3)C1=O. The van der Waals surface area contributed by atoms with Crippen molar-refractivity contribution >= 4 is 5.78 Å². The average Bonchev–Trinajstić information content (AvgIpc) is 2.54. The Morgan fingerprint density at radius 3 is 2.00 bits per heavy atom. The molecule has 19 heavy (non-hydrogen) atoms. The van der Waals surface area contributed by atoms with Crippen LogP contribution in [-0.2, 0) is 4.79 Å². The predicted molar refractivity (Wildman–Crippen MR) is 75.8 cm³/mol. The molecular weight excluding hydrogens is 234 g/mol. The highest BCUT2D eigenvalue weighted by atomic mass is 16.1. The van der Waals surface area contributed by atoms with Crippen molar-refractivity contribution in [2.24, 2.45) is 28.6 Å². The standard InChI is InChI=1S/C17H27NO/c1-16(2)10-18-14(15(16)19)9-17-6-11-3-12(7-17)5-13(4-11)8-17/h11-14,18H,3-10H2,1-2H3. The highest BCUT2D eigenvalue weighted by Crippen LogP contribution is 2.61. The molecule has 0 aromatic rings. The minimum absolute atomic E-state index is 0.132. The van der Waals surface area contributed by atoms with Gasteiger partial charge in [0.1, 0.15) is 0 Å². The maximum absolute atomic E-state index is 12.5. The van der Waals surface area contributed by atoms with Crippen molar-refractivity contribution in [2.45, 2.75) is 64.8 Å². The van der Waals surface area contributed by atoms with Gasteiger partial charge in [-0.15, -0.1) is 0 Å². The fourth-order valence-corrected chi connectivity index (χ4v) is 6.17. The molecule has 5 aliphatic rings. The molecule has 0 amide bonds. The van der Waals surface area contributed by atoms with Crippen LogP contribution in [0.25, 0.3) is 0 Å². The van der Waals surface area contributed by atoms with Crippen LogP contribution >= 0.6 is 0 Å². The van der Waals surface area contributed by atoms with E-state index in [-0.39, 0.29) is 11.5 Å². The molecule has 0 spiro atoms. The van der Waals surface area contributed by atoms with Gasteiger partial charge in [-0.3, -0.25) is 4.79 Å². The molecule has 1 atom stereocenters. The number of hydrogen-bond donors (Lipinski definition) is 1. The lowest BCUT2D eigenvalue weighted by molar-refractivity contribution is -0.127. The van der Waals surface area contributed by atoms with Crippen molar-refractivity contribution in [2.75, 3.05) is 6.54 Å². The Morgan fingerprint density at radius 2 is 1.58 bits per heavy atom. The highest BCUT2D eigenvalue weighted by molar-refractivity contribution is 5.91. The Bertz CT molecular complexity index is 376. The largest absolute Gasteiger partial charge is 0.306 e. The number of carbonyl (C=O) groups is 1. The van der Waals surface area contributed by atoms with Crippen LogP contribution in [0, 0.1) is 28.6 Å². The molecule has 5 rings (SSSR count). The van der Waals surface area contributed by atoms with Crippen LogP contribution in [0.4, 0.5) is 0 Å². The molecule has 1 aliphatic heterocycles. The van der Waals surface area contributed by atoms with E-state index >= 15 is 0 Å². The van der Waals surface area contributed by atoms with E-state index in [1.165, 1.54) is 38.5 Å². The normalized spacial score (nSPS) is 50.9. The van der Waals surface area contributed by atoms with Gasteiger partial charge in [0.05, 0.1) is 6.04 Å². The maximum Gasteiger partial charge on any atom is 0.156 e. The first-order valence-electron chi connectivity index (χ1n) is 8.24. The number of carbonyl (C=O) groups excluding carboxylic acids is 1. The third kappa shape index (κ3) is 1.90. The van der Waals surface area contributed by atoms with Gasteiger partial charge in [-0.05, 0) is 68.1 Å². The van der Waals surface area contributed by atoms with E-state index in [1.54, 1.807) is 0 Å². The van der Waals surface area contributed by atoms with Crippen LogP contribution in [0.5, 0.6) is 0 Å². The van der Waals surface area contributed by atoms with E-state index in [0.717, 1.165) is 30.7 Å². The topological polar surface area (TPSA) is 29.1 Å². The van der Waals surface area contributed by atoms with E-state index < -0.39 is 0 Å². The van der Waals surface area contributed by atoms with Gasteiger partial charge in [0, 0.05) is 12.0 Å². The summed E-state index contributed by atoms with van der Waals surface area (Å²) in [5.74, 6) is 3.46. The van der Waals surface area contributed by atoms with Crippen LogP contribution in [0.2, 0.25) is 0 Å². The smallest absolute Gasteiger partial charge is 0.156 e. The third-order valence-corrected chi connectivity index (χ3v) is 6.58. The van der Waals surface area contributed by atoms with Crippen molar-refractivity contribution in [1.82, 2.24) is 5.32 Å². The van der Waals surface area contributed by atoms with E-state index in [0.29, 0.717) is 11.2 Å². The zero-order valence-electron chi connectivity index (χ0n) is 12.4. The number of rotatable bonds is 2. The Morgan fingerprint density at radius 1 is 1.05 bits per heavy atom. The van der Waals surface area contributed by atoms with Crippen LogP contribution in [0.3, 0.4) is 0 Å². The Balaban J connectivity index is 1.53. The first-order chi connectivity index (χ1) is 8.96. The Hall–Kier alpha value is -0.370. The zero-order chi connectivity index (χ0) is 13.3. The predicted octanol–water partition coefficient (Wildman–Crippen LogP) is 3.16. The number of ketones is 1. The van der Waals surface area contributed by atoms with Gasteiger partial charge in [-0.1, -0.05) is 13.8 Å². The Labute approximate surface area is 116 Å². The fourth-order valence-electron chi connectivity index (χ4n) is 6.17. The monoisotopic (exact) mass is 261 g/mol. The van der Waals surface area contributed by atoms with Gasteiger partial charge in [0.2, 0.25) is 0 Å². The molecule has 0 aromatic carbocycles. The van der Waals surface area contributed by atoms with Crippen molar-refractivity contribution in [1.29, 1.82) is 0 Å². The fraction of sp³-hybridized carbons (Fsp3) is 0.941. The molecular formula is C17H27NO. The van der Waals surface area contributed by atoms with Crippen molar-refractivity contribution in [3.63, 3.8) is 0 Å². The molecule has 4 bridgehead atoms. The summed E-state index contributed by atoms with van der Waals surface area (Å²) >= 11 is 0. The van der Waals surface area contributed by atoms with E-state index in [1.807, 2.05) is 0 Å². The lowest BCUT2D eigenvalue weighted by Gasteiger charge is -2.57. The summed E-state index contributed by atoms with van der Waals surface area (Å²) in [6, 6.07) is 0.159. The molecule has 106 valence electrons. The second kappa shape index (κ2) is 3.84. The minimum atomic E-state index is -0.132. The molecule has 5 fully saturated rings. The van der Waals surface area contributed by atoms with Crippen LogP contribution in [-0.4, -0.2) is 18.4 Å². The second-order valence-electron chi connectivity index (χ2n) is 8.80. The second-order valence-corrected chi connectivity index (χ2v) is 8.80. The van der Waals surface area contributed by atoms with Crippen LogP contribution < -0.4 is 5.32 Å². The van der Waals surface area contributed by atoms with Gasteiger partial charge in [-0.2, -0.15) is 0 Å². The molecule has 1 saturated heterocycles. The van der Waals surface area contributed by atoms with Crippen LogP contribution in [0.1, 0.15) is 58.8 Å². The molecule has 0 radical (unpaired) electrons. The van der Waals surface area contributed by atoms with Gasteiger partial charge >= 0.3 is 0 Å². The molecule has 0 aromatic heterocycles. The third-order valence-electron chi connectivity index (χ3n) is 6.58. The van der Waals surface area contributed by atoms with Crippen molar-refractivity contribution in [3.05, 3.63) is 0 Å². The molecule has 4 saturated carbocycles. The highest BCUT2D eigenvalue weighted by Gasteiger charge is 2.53. The summed E-state index contributed by atoms with van der Waals surface area (Å²) in [6.07, 6.45) is 9.89. The summed E-state index contributed by atoms with van der Waals surface area (Å²) in [4.78, 5) is 12.5. The summed E-state index contributed by atoms with van der Waals surface area (Å²) in [7, 11) is 0. The minimum Gasteiger partial charge on any atom is -0.306 e. The molecule has 1 unspecified atom stereocenters.